The first kappa shape index (κ1) is 14.7. The van der Waals surface area contributed by atoms with Crippen LogP contribution in [0.1, 0.15) is 42.0 Å². The van der Waals surface area contributed by atoms with E-state index in [0.717, 1.165) is 18.5 Å². The van der Waals surface area contributed by atoms with Gasteiger partial charge in [-0.2, -0.15) is 0 Å². The van der Waals surface area contributed by atoms with Gasteiger partial charge in [0.25, 0.3) is 5.91 Å². The van der Waals surface area contributed by atoms with Crippen LogP contribution in [-0.4, -0.2) is 26.8 Å². The molecular weight excluding hydrogens is 306 g/mol. The van der Waals surface area contributed by atoms with Crippen LogP contribution in [0.5, 0.6) is 0 Å². The Morgan fingerprint density at radius 1 is 1.21 bits per heavy atom. The van der Waals surface area contributed by atoms with Gasteiger partial charge in [0.15, 0.2) is 17.8 Å². The average Bonchev–Trinajstić information content (AvgIpc) is 3.11. The molecule has 0 saturated heterocycles. The van der Waals surface area contributed by atoms with Crippen molar-refractivity contribution in [1.82, 2.24) is 14.9 Å². The first-order valence-corrected chi connectivity index (χ1v) is 7.96. The van der Waals surface area contributed by atoms with E-state index in [0.29, 0.717) is 11.5 Å². The van der Waals surface area contributed by atoms with Crippen LogP contribution in [0.2, 0.25) is 0 Å². The maximum atomic E-state index is 13.2. The van der Waals surface area contributed by atoms with Crippen LogP contribution >= 0.6 is 0 Å². The fraction of sp³-hybridized carbons (Fsp3) is 0.278. The van der Waals surface area contributed by atoms with Gasteiger partial charge in [-0.05, 0) is 44.0 Å². The molecule has 3 heterocycles. The van der Waals surface area contributed by atoms with E-state index < -0.39 is 0 Å². The molecule has 1 aliphatic carbocycles. The molecule has 6 nitrogen and oxygen atoms in total. The normalized spacial score (nSPS) is 15.2. The van der Waals surface area contributed by atoms with Crippen LogP contribution in [0.15, 0.2) is 58.0 Å². The van der Waals surface area contributed by atoms with Crippen LogP contribution in [0.3, 0.4) is 0 Å². The minimum Gasteiger partial charge on any atom is -0.461 e. The quantitative estimate of drug-likeness (QED) is 0.716. The van der Waals surface area contributed by atoms with Crippen molar-refractivity contribution < 1.29 is 13.6 Å². The monoisotopic (exact) mass is 323 g/mol. The maximum Gasteiger partial charge on any atom is 0.277 e. The summed E-state index contributed by atoms with van der Waals surface area (Å²) in [5.41, 5.74) is 1.14. The lowest BCUT2D eigenvalue weighted by atomic mass is 10.1. The molecule has 0 spiro atoms. The third kappa shape index (κ3) is 2.60. The molecule has 0 aromatic carbocycles. The summed E-state index contributed by atoms with van der Waals surface area (Å²) < 4.78 is 10.8. The molecule has 0 unspecified atom stereocenters. The third-order valence-electron chi connectivity index (χ3n) is 4.22. The smallest absolute Gasteiger partial charge is 0.277 e. The number of oxazole rings is 1. The first-order valence-electron chi connectivity index (χ1n) is 7.96. The molecule has 6 heteroatoms. The molecule has 1 amide bonds. The van der Waals surface area contributed by atoms with E-state index >= 15 is 0 Å². The zero-order valence-corrected chi connectivity index (χ0v) is 13.3. The fourth-order valence-corrected chi connectivity index (χ4v) is 2.88. The highest BCUT2D eigenvalue weighted by atomic mass is 16.4. The van der Waals surface area contributed by atoms with Crippen molar-refractivity contribution in [3.05, 3.63) is 60.6 Å². The summed E-state index contributed by atoms with van der Waals surface area (Å²) in [6, 6.07) is 9.32. The van der Waals surface area contributed by atoms with Crippen molar-refractivity contribution >= 4 is 5.91 Å². The number of carbonyl (C=O) groups is 1. The van der Waals surface area contributed by atoms with Gasteiger partial charge in [0, 0.05) is 12.2 Å². The van der Waals surface area contributed by atoms with E-state index in [1.165, 1.54) is 6.39 Å². The Kier molecular flexibility index (Phi) is 3.65. The van der Waals surface area contributed by atoms with Gasteiger partial charge in [-0.15, -0.1) is 0 Å². The molecular formula is C18H17N3O3. The van der Waals surface area contributed by atoms with E-state index in [1.807, 2.05) is 30.0 Å². The molecule has 0 aliphatic heterocycles. The summed E-state index contributed by atoms with van der Waals surface area (Å²) in [7, 11) is 0. The van der Waals surface area contributed by atoms with E-state index in [9.17, 15) is 4.79 Å². The topological polar surface area (TPSA) is 72.4 Å². The summed E-state index contributed by atoms with van der Waals surface area (Å²) >= 11 is 0. The Labute approximate surface area is 139 Å². The first-order chi connectivity index (χ1) is 11.8. The Hall–Kier alpha value is -2.89. The number of amides is 1. The second-order valence-electron chi connectivity index (χ2n) is 5.88. The molecule has 3 aromatic rings. The summed E-state index contributed by atoms with van der Waals surface area (Å²) in [6.07, 6.45) is 6.56. The molecule has 1 fully saturated rings. The number of furan rings is 1. The van der Waals surface area contributed by atoms with Crippen molar-refractivity contribution in [3.63, 3.8) is 0 Å². The van der Waals surface area contributed by atoms with Gasteiger partial charge in [-0.25, -0.2) is 4.98 Å². The van der Waals surface area contributed by atoms with Crippen LogP contribution in [0, 0.1) is 0 Å². The van der Waals surface area contributed by atoms with E-state index in [1.54, 1.807) is 24.6 Å². The van der Waals surface area contributed by atoms with Crippen LogP contribution in [-0.2, 0) is 0 Å². The SMILES string of the molecule is C[C@@H](c1ccccn1)N(C(=O)c1ncoc1-c1ccco1)C1CC1. The molecule has 1 atom stereocenters. The zero-order valence-electron chi connectivity index (χ0n) is 13.3. The van der Waals surface area contributed by atoms with Gasteiger partial charge in [0.1, 0.15) is 0 Å². The molecule has 122 valence electrons. The second kappa shape index (κ2) is 5.96. The third-order valence-corrected chi connectivity index (χ3v) is 4.22. The zero-order chi connectivity index (χ0) is 16.5. The second-order valence-corrected chi connectivity index (χ2v) is 5.88. The van der Waals surface area contributed by atoms with Gasteiger partial charge in [-0.1, -0.05) is 6.07 Å². The predicted octanol–water partition coefficient (Wildman–Crippen LogP) is 3.70. The Bertz CT molecular complexity index is 822. The maximum absolute atomic E-state index is 13.2. The van der Waals surface area contributed by atoms with E-state index in [-0.39, 0.29) is 23.7 Å². The van der Waals surface area contributed by atoms with Gasteiger partial charge in [0.2, 0.25) is 5.76 Å². The van der Waals surface area contributed by atoms with Crippen molar-refractivity contribution in [2.24, 2.45) is 0 Å². The average molecular weight is 323 g/mol. The molecule has 0 N–H and O–H groups in total. The minimum atomic E-state index is -0.157. The molecule has 24 heavy (non-hydrogen) atoms. The number of hydrogen-bond acceptors (Lipinski definition) is 5. The van der Waals surface area contributed by atoms with Crippen LogP contribution in [0.4, 0.5) is 0 Å². The van der Waals surface area contributed by atoms with Gasteiger partial charge in [0.05, 0.1) is 18.0 Å². The minimum absolute atomic E-state index is 0.132. The summed E-state index contributed by atoms with van der Waals surface area (Å²) in [6.45, 7) is 1.99. The standard InChI is InChI=1S/C18H17N3O3/c1-12(14-5-2-3-9-19-14)21(13-7-8-13)18(22)16-17(24-11-20-16)15-6-4-10-23-15/h2-6,9-13H,7-8H2,1H3/t12-/m0/s1. The summed E-state index contributed by atoms with van der Waals surface area (Å²) in [5, 5.41) is 0. The molecule has 1 saturated carbocycles. The van der Waals surface area contributed by atoms with Crippen LogP contribution < -0.4 is 0 Å². The van der Waals surface area contributed by atoms with Gasteiger partial charge in [-0.3, -0.25) is 9.78 Å². The molecule has 1 aliphatic rings. The van der Waals surface area contributed by atoms with E-state index in [4.69, 9.17) is 8.83 Å². The summed E-state index contributed by atoms with van der Waals surface area (Å²) in [4.78, 5) is 23.5. The van der Waals surface area contributed by atoms with Crippen LogP contribution in [0.25, 0.3) is 11.5 Å². The Balaban J connectivity index is 1.68. The number of pyridine rings is 1. The molecule has 3 aromatic heterocycles. The number of hydrogen-bond donors (Lipinski definition) is 0. The highest BCUT2D eigenvalue weighted by Crippen LogP contribution is 2.36. The highest BCUT2D eigenvalue weighted by Gasteiger charge is 2.39. The molecule has 4 rings (SSSR count). The van der Waals surface area contributed by atoms with Crippen molar-refractivity contribution in [2.45, 2.75) is 31.8 Å². The van der Waals surface area contributed by atoms with E-state index in [2.05, 4.69) is 9.97 Å². The van der Waals surface area contributed by atoms with Gasteiger partial charge < -0.3 is 13.7 Å². The lowest BCUT2D eigenvalue weighted by Crippen LogP contribution is -2.36. The predicted molar refractivity (Wildman–Crippen MR) is 86.0 cm³/mol. The Morgan fingerprint density at radius 3 is 2.75 bits per heavy atom. The number of nitrogens with zero attached hydrogens (tertiary/aromatic N) is 3. The summed E-state index contributed by atoms with van der Waals surface area (Å²) in [5.74, 6) is 0.705. The number of carbonyl (C=O) groups excluding carboxylic acids is 1. The lowest BCUT2D eigenvalue weighted by Gasteiger charge is -2.28. The molecule has 0 radical (unpaired) electrons. The van der Waals surface area contributed by atoms with Crippen molar-refractivity contribution in [1.29, 1.82) is 0 Å². The Morgan fingerprint density at radius 2 is 2.08 bits per heavy atom. The largest absolute Gasteiger partial charge is 0.461 e. The van der Waals surface area contributed by atoms with Crippen molar-refractivity contribution in [2.75, 3.05) is 0 Å². The van der Waals surface area contributed by atoms with Gasteiger partial charge >= 0.3 is 0 Å². The fourth-order valence-electron chi connectivity index (χ4n) is 2.88. The molecule has 0 bridgehead atoms. The lowest BCUT2D eigenvalue weighted by molar-refractivity contribution is 0.0665. The highest BCUT2D eigenvalue weighted by molar-refractivity contribution is 5.97. The number of aromatic nitrogens is 2. The van der Waals surface area contributed by atoms with Crippen molar-refractivity contribution in [3.8, 4) is 11.5 Å². The number of rotatable bonds is 5.